The molecule has 0 saturated carbocycles. The molecule has 2 N–H and O–H groups in total. The number of rotatable bonds is 5. The van der Waals surface area contributed by atoms with E-state index < -0.39 is 6.10 Å². The average Bonchev–Trinajstić information content (AvgIpc) is 2.30. The van der Waals surface area contributed by atoms with E-state index in [2.05, 4.69) is 5.32 Å². The fourth-order valence-corrected chi connectivity index (χ4v) is 1.59. The summed E-state index contributed by atoms with van der Waals surface area (Å²) in [6, 6.07) is 5.40. The molecule has 17 heavy (non-hydrogen) atoms. The lowest BCUT2D eigenvalue weighted by molar-refractivity contribution is -0.128. The molecule has 0 fully saturated rings. The molecule has 1 rings (SSSR count). The highest BCUT2D eigenvalue weighted by Crippen LogP contribution is 2.22. The Bertz CT molecular complexity index is 393. The van der Waals surface area contributed by atoms with Gasteiger partial charge in [-0.1, -0.05) is 17.7 Å². The molecule has 0 aromatic heterocycles. The number of aliphatic hydroxyl groups excluding tert-OH is 1. The topological polar surface area (TPSA) is 58.6 Å². The lowest BCUT2D eigenvalue weighted by Crippen LogP contribution is -2.33. The molecule has 4 nitrogen and oxygen atoms in total. The number of aliphatic hydroxyl groups is 1. The fraction of sp³-hybridized carbons (Fsp3) is 0.417. The summed E-state index contributed by atoms with van der Waals surface area (Å²) in [5.41, 5.74) is 0.929. The van der Waals surface area contributed by atoms with Gasteiger partial charge in [-0.05, 0) is 31.0 Å². The zero-order chi connectivity index (χ0) is 12.8. The summed E-state index contributed by atoms with van der Waals surface area (Å²) in [4.78, 5) is 11.1. The number of hydrogen-bond acceptors (Lipinski definition) is 3. The Morgan fingerprint density at radius 1 is 1.59 bits per heavy atom. The Balaban J connectivity index is 2.50. The van der Waals surface area contributed by atoms with Crippen LogP contribution in [-0.2, 0) is 11.2 Å². The van der Waals surface area contributed by atoms with Crippen LogP contribution in [0.2, 0.25) is 5.02 Å². The van der Waals surface area contributed by atoms with Crippen molar-refractivity contribution in [1.29, 1.82) is 0 Å². The lowest BCUT2D eigenvalue weighted by atomic mass is 10.1. The van der Waals surface area contributed by atoms with Gasteiger partial charge in [-0.2, -0.15) is 0 Å². The predicted octanol–water partition coefficient (Wildman–Crippen LogP) is 1.39. The summed E-state index contributed by atoms with van der Waals surface area (Å²) in [6.07, 6.45) is -0.372. The highest BCUT2D eigenvalue weighted by molar-refractivity contribution is 6.31. The van der Waals surface area contributed by atoms with Crippen molar-refractivity contribution in [2.75, 3.05) is 13.7 Å². The van der Waals surface area contributed by atoms with Crippen LogP contribution in [0.3, 0.4) is 0 Å². The van der Waals surface area contributed by atoms with Gasteiger partial charge in [-0.3, -0.25) is 4.79 Å². The molecule has 0 aliphatic rings. The molecular weight excluding hydrogens is 242 g/mol. The van der Waals surface area contributed by atoms with E-state index in [9.17, 15) is 4.79 Å². The first-order valence-corrected chi connectivity index (χ1v) is 5.70. The summed E-state index contributed by atoms with van der Waals surface area (Å²) in [5.74, 6) is 0.321. The fourth-order valence-electron chi connectivity index (χ4n) is 1.33. The molecular formula is C12H16ClNO3. The van der Waals surface area contributed by atoms with E-state index in [0.717, 1.165) is 5.56 Å². The minimum Gasteiger partial charge on any atom is -0.497 e. The summed E-state index contributed by atoms with van der Waals surface area (Å²) >= 11 is 6.04. The molecule has 0 bridgehead atoms. The van der Waals surface area contributed by atoms with Gasteiger partial charge in [0.25, 0.3) is 0 Å². The highest BCUT2D eigenvalue weighted by atomic mass is 35.5. The third-order valence-electron chi connectivity index (χ3n) is 2.33. The van der Waals surface area contributed by atoms with Crippen molar-refractivity contribution in [3.05, 3.63) is 28.8 Å². The minimum absolute atomic E-state index is 0.380. The molecule has 1 amide bonds. The first kappa shape index (κ1) is 13.8. The number of carbonyl (C=O) groups excluding carboxylic acids is 1. The van der Waals surface area contributed by atoms with Crippen LogP contribution in [0.5, 0.6) is 5.75 Å². The van der Waals surface area contributed by atoms with Gasteiger partial charge in [0, 0.05) is 11.6 Å². The number of halogens is 1. The van der Waals surface area contributed by atoms with Crippen LogP contribution in [0.1, 0.15) is 12.5 Å². The Labute approximate surface area is 106 Å². The van der Waals surface area contributed by atoms with Gasteiger partial charge in [-0.15, -0.1) is 0 Å². The molecule has 1 aromatic carbocycles. The van der Waals surface area contributed by atoms with Crippen molar-refractivity contribution in [2.45, 2.75) is 19.4 Å². The molecule has 0 heterocycles. The van der Waals surface area contributed by atoms with Gasteiger partial charge in [-0.25, -0.2) is 0 Å². The molecule has 1 aromatic rings. The molecule has 0 radical (unpaired) electrons. The third-order valence-corrected chi connectivity index (χ3v) is 2.69. The van der Waals surface area contributed by atoms with Crippen LogP contribution in [0, 0.1) is 0 Å². The first-order valence-electron chi connectivity index (χ1n) is 5.32. The van der Waals surface area contributed by atoms with Crippen LogP contribution >= 0.6 is 11.6 Å². The Morgan fingerprint density at radius 2 is 2.29 bits per heavy atom. The number of methoxy groups -OCH3 is 1. The largest absolute Gasteiger partial charge is 0.497 e. The van der Waals surface area contributed by atoms with Crippen molar-refractivity contribution >= 4 is 17.5 Å². The van der Waals surface area contributed by atoms with Crippen molar-refractivity contribution in [3.8, 4) is 5.75 Å². The highest BCUT2D eigenvalue weighted by Gasteiger charge is 2.08. The second kappa shape index (κ2) is 6.47. The Hall–Kier alpha value is -1.26. The van der Waals surface area contributed by atoms with Crippen LogP contribution in [-0.4, -0.2) is 30.8 Å². The predicted molar refractivity (Wildman–Crippen MR) is 66.4 cm³/mol. The second-order valence-electron chi connectivity index (χ2n) is 3.67. The molecule has 0 aliphatic carbocycles. The van der Waals surface area contributed by atoms with Crippen molar-refractivity contribution in [1.82, 2.24) is 5.32 Å². The Morgan fingerprint density at radius 3 is 2.82 bits per heavy atom. The molecule has 0 aliphatic heterocycles. The summed E-state index contributed by atoms with van der Waals surface area (Å²) in [6.45, 7) is 1.87. The zero-order valence-electron chi connectivity index (χ0n) is 9.87. The zero-order valence-corrected chi connectivity index (χ0v) is 10.6. The molecule has 0 saturated heterocycles. The second-order valence-corrected chi connectivity index (χ2v) is 4.08. The van der Waals surface area contributed by atoms with Gasteiger partial charge < -0.3 is 15.2 Å². The molecule has 94 valence electrons. The van der Waals surface area contributed by atoms with E-state index in [-0.39, 0.29) is 5.91 Å². The molecule has 1 atom stereocenters. The summed E-state index contributed by atoms with van der Waals surface area (Å²) in [7, 11) is 1.58. The standard InChI is InChI=1S/C12H16ClNO3/c1-8(15)12(16)14-6-5-9-3-4-10(17-2)7-11(9)13/h3-4,7-8,15H,5-6H2,1-2H3,(H,14,16). The maximum absolute atomic E-state index is 11.1. The quantitative estimate of drug-likeness (QED) is 0.838. The first-order chi connectivity index (χ1) is 8.04. The lowest BCUT2D eigenvalue weighted by Gasteiger charge is -2.09. The van der Waals surface area contributed by atoms with Gasteiger partial charge in [0.1, 0.15) is 11.9 Å². The van der Waals surface area contributed by atoms with Gasteiger partial charge in [0.2, 0.25) is 5.91 Å². The SMILES string of the molecule is COc1ccc(CCNC(=O)C(C)O)c(Cl)c1. The maximum Gasteiger partial charge on any atom is 0.248 e. The number of hydrogen-bond donors (Lipinski definition) is 2. The van der Waals surface area contributed by atoms with Gasteiger partial charge >= 0.3 is 0 Å². The van der Waals surface area contributed by atoms with Gasteiger partial charge in [0.05, 0.1) is 7.11 Å². The number of ether oxygens (including phenoxy) is 1. The van der Waals surface area contributed by atoms with E-state index in [1.165, 1.54) is 6.92 Å². The maximum atomic E-state index is 11.1. The normalized spacial score (nSPS) is 12.0. The van der Waals surface area contributed by atoms with Crippen LogP contribution in [0.25, 0.3) is 0 Å². The number of amides is 1. The molecule has 0 spiro atoms. The van der Waals surface area contributed by atoms with E-state index in [1.807, 2.05) is 12.1 Å². The smallest absolute Gasteiger partial charge is 0.248 e. The van der Waals surface area contributed by atoms with Crippen LogP contribution in [0.4, 0.5) is 0 Å². The van der Waals surface area contributed by atoms with Crippen molar-refractivity contribution in [2.24, 2.45) is 0 Å². The van der Waals surface area contributed by atoms with Crippen molar-refractivity contribution in [3.63, 3.8) is 0 Å². The number of nitrogens with one attached hydrogen (secondary N) is 1. The van der Waals surface area contributed by atoms with Crippen molar-refractivity contribution < 1.29 is 14.6 Å². The number of carbonyl (C=O) groups is 1. The summed E-state index contributed by atoms with van der Waals surface area (Å²) < 4.78 is 5.04. The monoisotopic (exact) mass is 257 g/mol. The Kier molecular flexibility index (Phi) is 5.25. The number of benzene rings is 1. The van der Waals surface area contributed by atoms with E-state index in [1.54, 1.807) is 13.2 Å². The molecule has 5 heteroatoms. The third kappa shape index (κ3) is 4.24. The molecule has 1 unspecified atom stereocenters. The van der Waals surface area contributed by atoms with E-state index >= 15 is 0 Å². The van der Waals surface area contributed by atoms with E-state index in [4.69, 9.17) is 21.4 Å². The van der Waals surface area contributed by atoms with Crippen LogP contribution in [0.15, 0.2) is 18.2 Å². The summed E-state index contributed by atoms with van der Waals surface area (Å²) in [5, 5.41) is 12.2. The van der Waals surface area contributed by atoms with Gasteiger partial charge in [0.15, 0.2) is 0 Å². The minimum atomic E-state index is -0.985. The van der Waals surface area contributed by atoms with E-state index in [0.29, 0.717) is 23.7 Å². The average molecular weight is 258 g/mol. The van der Waals surface area contributed by atoms with Crippen LogP contribution < -0.4 is 10.1 Å².